The van der Waals surface area contributed by atoms with E-state index >= 15 is 0 Å². The van der Waals surface area contributed by atoms with E-state index in [1.54, 1.807) is 0 Å². The molecule has 0 aliphatic heterocycles. The minimum Gasteiger partial charge on any atom is -0.396 e. The summed E-state index contributed by atoms with van der Waals surface area (Å²) in [7, 11) is 0. The van der Waals surface area contributed by atoms with E-state index in [4.69, 9.17) is 16.2 Å². The Morgan fingerprint density at radius 3 is 2.48 bits per heavy atom. The molecule has 0 bridgehead atoms. The van der Waals surface area contributed by atoms with Crippen LogP contribution in [-0.4, -0.2) is 23.3 Å². The number of hydrogen-bond donors (Lipinski definition) is 3. The summed E-state index contributed by atoms with van der Waals surface area (Å²) in [5.41, 5.74) is 9.73. The van der Waals surface area contributed by atoms with E-state index in [-0.39, 0.29) is 12.4 Å². The molecule has 21 heavy (non-hydrogen) atoms. The van der Waals surface area contributed by atoms with Crippen molar-refractivity contribution in [2.24, 2.45) is 5.73 Å². The molecule has 110 valence electrons. The summed E-state index contributed by atoms with van der Waals surface area (Å²) in [6, 6.07) is 16.1. The van der Waals surface area contributed by atoms with Gasteiger partial charge in [0.2, 0.25) is 0 Å². The zero-order valence-electron chi connectivity index (χ0n) is 11.9. The first-order chi connectivity index (χ1) is 10.2. The van der Waals surface area contributed by atoms with Crippen LogP contribution in [0.4, 0.5) is 0 Å². The second-order valence-electron chi connectivity index (χ2n) is 4.79. The highest BCUT2D eigenvalue weighted by Gasteiger charge is 2.06. The molecule has 0 fully saturated rings. The van der Waals surface area contributed by atoms with Crippen molar-refractivity contribution >= 4 is 17.6 Å². The summed E-state index contributed by atoms with van der Waals surface area (Å²) in [5.74, 6) is 2.02. The Hall–Kier alpha value is -1.78. The predicted octanol–water partition coefficient (Wildman–Crippen LogP) is 3.25. The fourth-order valence-electron chi connectivity index (χ4n) is 2.11. The zero-order chi connectivity index (χ0) is 15.1. The number of aliphatic hydroxyl groups excluding tert-OH is 1. The number of nitrogen functional groups attached to an aromatic ring is 1. The molecule has 0 aliphatic rings. The summed E-state index contributed by atoms with van der Waals surface area (Å²) in [6.45, 7) is 0.258. The third-order valence-electron chi connectivity index (χ3n) is 3.20. The minimum absolute atomic E-state index is 0.0919. The number of nitrogens with two attached hydrogens (primary N) is 1. The van der Waals surface area contributed by atoms with E-state index in [0.29, 0.717) is 0 Å². The van der Waals surface area contributed by atoms with Gasteiger partial charge in [0.05, 0.1) is 0 Å². The van der Waals surface area contributed by atoms with Gasteiger partial charge in [0.1, 0.15) is 5.84 Å². The quantitative estimate of drug-likeness (QED) is 0.417. The molecule has 2 aromatic carbocycles. The van der Waals surface area contributed by atoms with Crippen LogP contribution < -0.4 is 5.73 Å². The number of amidine groups is 1. The highest BCUT2D eigenvalue weighted by Crippen LogP contribution is 2.24. The van der Waals surface area contributed by atoms with Crippen molar-refractivity contribution in [3.05, 3.63) is 59.7 Å². The Bertz CT molecular complexity index is 596. The van der Waals surface area contributed by atoms with Gasteiger partial charge in [-0.25, -0.2) is 0 Å². The number of thioether (sulfide) groups is 1. The van der Waals surface area contributed by atoms with Crippen molar-refractivity contribution in [1.29, 1.82) is 5.41 Å². The second kappa shape index (κ2) is 7.86. The van der Waals surface area contributed by atoms with Crippen LogP contribution in [0, 0.1) is 5.41 Å². The summed E-state index contributed by atoms with van der Waals surface area (Å²) in [4.78, 5) is 0. The molecule has 3 nitrogen and oxygen atoms in total. The first-order valence-electron chi connectivity index (χ1n) is 6.93. The molecule has 4 heteroatoms. The normalized spacial score (nSPS) is 10.5. The lowest BCUT2D eigenvalue weighted by atomic mass is 9.98. The van der Waals surface area contributed by atoms with Crippen molar-refractivity contribution in [2.45, 2.75) is 12.2 Å². The van der Waals surface area contributed by atoms with Crippen LogP contribution in [0.5, 0.6) is 0 Å². The molecule has 2 rings (SSSR count). The number of hydrogen-bond acceptors (Lipinski definition) is 3. The molecule has 0 saturated heterocycles. The fraction of sp³-hybridized carbons (Fsp3) is 0.235. The van der Waals surface area contributed by atoms with E-state index in [1.165, 1.54) is 5.56 Å². The van der Waals surface area contributed by atoms with Crippen LogP contribution in [-0.2, 0) is 5.75 Å². The maximum atomic E-state index is 8.76. The van der Waals surface area contributed by atoms with Crippen molar-refractivity contribution in [2.75, 3.05) is 12.4 Å². The van der Waals surface area contributed by atoms with E-state index < -0.39 is 0 Å². The Labute approximate surface area is 129 Å². The number of nitrogens with one attached hydrogen (secondary N) is 1. The van der Waals surface area contributed by atoms with Gasteiger partial charge >= 0.3 is 0 Å². The topological polar surface area (TPSA) is 70.1 Å². The third kappa shape index (κ3) is 4.34. The molecule has 0 aliphatic carbocycles. The SMILES string of the molecule is N=C(N)c1ccccc1-c1ccc(CSCCCO)cc1. The number of rotatable bonds is 7. The van der Waals surface area contributed by atoms with E-state index in [1.807, 2.05) is 36.0 Å². The smallest absolute Gasteiger partial charge is 0.123 e. The molecule has 0 spiro atoms. The van der Waals surface area contributed by atoms with Gasteiger partial charge in [-0.1, -0.05) is 48.5 Å². The average Bonchev–Trinajstić information content (AvgIpc) is 2.52. The van der Waals surface area contributed by atoms with E-state index in [9.17, 15) is 0 Å². The first-order valence-corrected chi connectivity index (χ1v) is 8.09. The molecular formula is C17H20N2OS. The molecule has 0 saturated carbocycles. The molecule has 2 aromatic rings. The minimum atomic E-state index is 0.0919. The first kappa shape index (κ1) is 15.6. The van der Waals surface area contributed by atoms with Crippen molar-refractivity contribution in [3.8, 4) is 11.1 Å². The van der Waals surface area contributed by atoms with Crippen molar-refractivity contribution in [1.82, 2.24) is 0 Å². The number of aliphatic hydroxyl groups is 1. The van der Waals surface area contributed by atoms with Crippen molar-refractivity contribution < 1.29 is 5.11 Å². The highest BCUT2D eigenvalue weighted by atomic mass is 32.2. The van der Waals surface area contributed by atoms with Crippen LogP contribution in [0.2, 0.25) is 0 Å². The van der Waals surface area contributed by atoms with Gasteiger partial charge in [0.15, 0.2) is 0 Å². The molecule has 0 radical (unpaired) electrons. The molecule has 0 atom stereocenters. The van der Waals surface area contributed by atoms with E-state index in [0.717, 1.165) is 34.6 Å². The van der Waals surface area contributed by atoms with Gasteiger partial charge in [0, 0.05) is 17.9 Å². The molecule has 4 N–H and O–H groups in total. The van der Waals surface area contributed by atoms with Gasteiger partial charge in [-0.05, 0) is 28.9 Å². The molecule has 0 aromatic heterocycles. The highest BCUT2D eigenvalue weighted by molar-refractivity contribution is 7.98. The van der Waals surface area contributed by atoms with Crippen LogP contribution in [0.1, 0.15) is 17.5 Å². The van der Waals surface area contributed by atoms with Gasteiger partial charge in [-0.15, -0.1) is 0 Å². The fourth-order valence-corrected chi connectivity index (χ4v) is 3.01. The summed E-state index contributed by atoms with van der Waals surface area (Å²) in [5, 5.41) is 16.4. The summed E-state index contributed by atoms with van der Waals surface area (Å²) < 4.78 is 0. The second-order valence-corrected chi connectivity index (χ2v) is 5.89. The Balaban J connectivity index is 2.10. The predicted molar refractivity (Wildman–Crippen MR) is 90.8 cm³/mol. The average molecular weight is 300 g/mol. The maximum absolute atomic E-state index is 8.76. The maximum Gasteiger partial charge on any atom is 0.123 e. The lowest BCUT2D eigenvalue weighted by molar-refractivity contribution is 0.296. The van der Waals surface area contributed by atoms with Crippen molar-refractivity contribution in [3.63, 3.8) is 0 Å². The standard InChI is InChI=1S/C17H20N2OS/c18-17(19)16-5-2-1-4-15(16)14-8-6-13(7-9-14)12-21-11-3-10-20/h1-2,4-9,20H,3,10-12H2,(H3,18,19). The lowest BCUT2D eigenvalue weighted by Crippen LogP contribution is -2.12. The Morgan fingerprint density at radius 1 is 1.10 bits per heavy atom. The molecule has 0 amide bonds. The Kier molecular flexibility index (Phi) is 5.84. The molecule has 0 heterocycles. The lowest BCUT2D eigenvalue weighted by Gasteiger charge is -2.09. The molecular weight excluding hydrogens is 280 g/mol. The van der Waals surface area contributed by atoms with Crippen LogP contribution >= 0.6 is 11.8 Å². The van der Waals surface area contributed by atoms with Crippen LogP contribution in [0.15, 0.2) is 48.5 Å². The van der Waals surface area contributed by atoms with Gasteiger partial charge in [-0.2, -0.15) is 11.8 Å². The van der Waals surface area contributed by atoms with Gasteiger partial charge < -0.3 is 10.8 Å². The van der Waals surface area contributed by atoms with Crippen LogP contribution in [0.3, 0.4) is 0 Å². The van der Waals surface area contributed by atoms with E-state index in [2.05, 4.69) is 24.3 Å². The Morgan fingerprint density at radius 2 is 1.81 bits per heavy atom. The third-order valence-corrected chi connectivity index (χ3v) is 4.31. The van der Waals surface area contributed by atoms with Crippen LogP contribution in [0.25, 0.3) is 11.1 Å². The monoisotopic (exact) mass is 300 g/mol. The largest absolute Gasteiger partial charge is 0.396 e. The van der Waals surface area contributed by atoms with Gasteiger partial charge in [0.25, 0.3) is 0 Å². The van der Waals surface area contributed by atoms with Gasteiger partial charge in [-0.3, -0.25) is 5.41 Å². The summed E-state index contributed by atoms with van der Waals surface area (Å²) in [6.07, 6.45) is 0.842. The number of benzene rings is 2. The zero-order valence-corrected chi connectivity index (χ0v) is 12.7. The summed E-state index contributed by atoms with van der Waals surface area (Å²) >= 11 is 1.83. The molecule has 0 unspecified atom stereocenters.